The Bertz CT molecular complexity index is 673. The number of halogens is 2. The number of carbonyl (C=O) groups is 1. The largest absolute Gasteiger partial charge is 0.385 e. The molecule has 0 spiro atoms. The molecule has 0 aliphatic rings. The van der Waals surface area contributed by atoms with Gasteiger partial charge in [0.2, 0.25) is 0 Å². The van der Waals surface area contributed by atoms with E-state index in [2.05, 4.69) is 10.6 Å². The second-order valence-electron chi connectivity index (χ2n) is 4.64. The molecule has 0 heterocycles. The van der Waals surface area contributed by atoms with Crippen molar-refractivity contribution in [2.45, 2.75) is 13.8 Å². The Morgan fingerprint density at radius 1 is 1.19 bits per heavy atom. The summed E-state index contributed by atoms with van der Waals surface area (Å²) in [7, 11) is 0. The molecular weight excluding hydrogens is 291 g/mol. The summed E-state index contributed by atoms with van der Waals surface area (Å²) in [5, 5.41) is 5.87. The molecule has 0 bridgehead atoms. The van der Waals surface area contributed by atoms with Crippen molar-refractivity contribution in [3.63, 3.8) is 0 Å². The lowest BCUT2D eigenvalue weighted by Gasteiger charge is -2.10. The molecule has 110 valence electrons. The molecule has 2 aromatic rings. The van der Waals surface area contributed by atoms with Crippen LogP contribution in [-0.4, -0.2) is 12.5 Å². The maximum atomic E-state index is 13.4. The average molecular weight is 307 g/mol. The Labute approximate surface area is 128 Å². The van der Waals surface area contributed by atoms with E-state index < -0.39 is 5.82 Å². The number of hydrogen-bond acceptors (Lipinski definition) is 2. The van der Waals surface area contributed by atoms with Gasteiger partial charge in [0.1, 0.15) is 5.82 Å². The lowest BCUT2D eigenvalue weighted by Crippen LogP contribution is -2.13. The third kappa shape index (κ3) is 3.73. The van der Waals surface area contributed by atoms with Crippen LogP contribution in [0.2, 0.25) is 5.02 Å². The molecule has 2 N–H and O–H groups in total. The minimum absolute atomic E-state index is 0.0270. The monoisotopic (exact) mass is 306 g/mol. The van der Waals surface area contributed by atoms with E-state index in [4.69, 9.17) is 11.6 Å². The number of benzene rings is 2. The lowest BCUT2D eigenvalue weighted by atomic mass is 10.1. The van der Waals surface area contributed by atoms with E-state index in [-0.39, 0.29) is 10.9 Å². The number of hydrogen-bond donors (Lipinski definition) is 2. The molecule has 3 nitrogen and oxygen atoms in total. The van der Waals surface area contributed by atoms with E-state index in [1.165, 1.54) is 12.1 Å². The number of amides is 1. The number of anilines is 2. The summed E-state index contributed by atoms with van der Waals surface area (Å²) in [5.41, 5.74) is 2.73. The summed E-state index contributed by atoms with van der Waals surface area (Å²) in [5.74, 6) is -0.842. The van der Waals surface area contributed by atoms with Gasteiger partial charge in [-0.1, -0.05) is 11.6 Å². The maximum Gasteiger partial charge on any atom is 0.255 e. The van der Waals surface area contributed by atoms with E-state index >= 15 is 0 Å². The summed E-state index contributed by atoms with van der Waals surface area (Å²) in [6.07, 6.45) is 0. The van der Waals surface area contributed by atoms with Gasteiger partial charge in [-0.3, -0.25) is 4.79 Å². The minimum Gasteiger partial charge on any atom is -0.385 e. The number of aryl methyl sites for hydroxylation is 1. The van der Waals surface area contributed by atoms with Gasteiger partial charge in [-0.2, -0.15) is 0 Å². The Balaban J connectivity index is 2.18. The Morgan fingerprint density at radius 3 is 2.52 bits per heavy atom. The van der Waals surface area contributed by atoms with Crippen molar-refractivity contribution in [1.29, 1.82) is 0 Å². The second kappa shape index (κ2) is 6.59. The van der Waals surface area contributed by atoms with E-state index in [1.807, 2.05) is 26.0 Å². The van der Waals surface area contributed by atoms with Gasteiger partial charge in [0.15, 0.2) is 0 Å². The summed E-state index contributed by atoms with van der Waals surface area (Å²) in [6.45, 7) is 4.68. The van der Waals surface area contributed by atoms with Gasteiger partial charge < -0.3 is 10.6 Å². The molecule has 0 aromatic heterocycles. The molecule has 2 rings (SSSR count). The Kier molecular flexibility index (Phi) is 4.81. The van der Waals surface area contributed by atoms with Gasteiger partial charge in [-0.15, -0.1) is 0 Å². The molecule has 21 heavy (non-hydrogen) atoms. The zero-order chi connectivity index (χ0) is 15.4. The molecule has 0 radical (unpaired) electrons. The predicted molar refractivity (Wildman–Crippen MR) is 84.7 cm³/mol. The van der Waals surface area contributed by atoms with Crippen LogP contribution < -0.4 is 10.6 Å². The van der Waals surface area contributed by atoms with Crippen LogP contribution in [0.3, 0.4) is 0 Å². The molecule has 1 amide bonds. The topological polar surface area (TPSA) is 41.1 Å². The smallest absolute Gasteiger partial charge is 0.255 e. The highest BCUT2D eigenvalue weighted by Crippen LogP contribution is 2.20. The van der Waals surface area contributed by atoms with E-state index in [9.17, 15) is 9.18 Å². The Morgan fingerprint density at radius 2 is 1.90 bits per heavy atom. The zero-order valence-electron chi connectivity index (χ0n) is 11.8. The highest BCUT2D eigenvalue weighted by molar-refractivity contribution is 6.30. The van der Waals surface area contributed by atoms with Crippen LogP contribution in [0.15, 0.2) is 36.4 Å². The fourth-order valence-corrected chi connectivity index (χ4v) is 2.12. The van der Waals surface area contributed by atoms with Crippen LogP contribution in [0.25, 0.3) is 0 Å². The summed E-state index contributed by atoms with van der Waals surface area (Å²) < 4.78 is 13.4. The molecule has 0 aliphatic carbocycles. The van der Waals surface area contributed by atoms with Gasteiger partial charge in [0.05, 0.1) is 5.02 Å². The van der Waals surface area contributed by atoms with Crippen molar-refractivity contribution in [3.8, 4) is 0 Å². The van der Waals surface area contributed by atoms with Crippen molar-refractivity contribution < 1.29 is 9.18 Å². The van der Waals surface area contributed by atoms with Crippen LogP contribution in [0.1, 0.15) is 22.8 Å². The van der Waals surface area contributed by atoms with Crippen molar-refractivity contribution in [1.82, 2.24) is 0 Å². The number of nitrogens with one attached hydrogen (secondary N) is 2. The highest BCUT2D eigenvalue weighted by atomic mass is 35.5. The standard InChI is InChI=1S/C16H16ClFN2O/c1-3-19-11-4-6-13(10(2)8-11)16(21)20-12-5-7-14(17)15(18)9-12/h4-9,19H,3H2,1-2H3,(H,20,21). The van der Waals surface area contributed by atoms with Crippen LogP contribution in [-0.2, 0) is 0 Å². The third-order valence-corrected chi connectivity index (χ3v) is 3.34. The molecule has 2 aromatic carbocycles. The van der Waals surface area contributed by atoms with Gasteiger partial charge in [0, 0.05) is 23.5 Å². The molecule has 5 heteroatoms. The quantitative estimate of drug-likeness (QED) is 0.875. The third-order valence-electron chi connectivity index (χ3n) is 3.03. The van der Waals surface area contributed by atoms with Crippen LogP contribution in [0.4, 0.5) is 15.8 Å². The first kappa shape index (κ1) is 15.3. The predicted octanol–water partition coefficient (Wildman–Crippen LogP) is 4.47. The average Bonchev–Trinajstić information content (AvgIpc) is 2.43. The fourth-order valence-electron chi connectivity index (χ4n) is 2.00. The second-order valence-corrected chi connectivity index (χ2v) is 5.05. The molecule has 0 saturated heterocycles. The Hall–Kier alpha value is -2.07. The van der Waals surface area contributed by atoms with E-state index in [0.29, 0.717) is 11.3 Å². The van der Waals surface area contributed by atoms with Crippen LogP contribution >= 0.6 is 11.6 Å². The highest BCUT2D eigenvalue weighted by Gasteiger charge is 2.11. The van der Waals surface area contributed by atoms with Crippen LogP contribution in [0.5, 0.6) is 0 Å². The number of rotatable bonds is 4. The van der Waals surface area contributed by atoms with Gasteiger partial charge in [-0.25, -0.2) is 4.39 Å². The van der Waals surface area contributed by atoms with Crippen molar-refractivity contribution in [2.24, 2.45) is 0 Å². The molecule has 0 saturated carbocycles. The fraction of sp³-hybridized carbons (Fsp3) is 0.188. The van der Waals surface area contributed by atoms with Crippen LogP contribution in [0, 0.1) is 12.7 Å². The first-order valence-electron chi connectivity index (χ1n) is 6.62. The van der Waals surface area contributed by atoms with Gasteiger partial charge in [-0.05, 0) is 55.8 Å². The molecule has 0 unspecified atom stereocenters. The van der Waals surface area contributed by atoms with Crippen molar-refractivity contribution >= 4 is 28.9 Å². The first-order chi connectivity index (χ1) is 10.0. The van der Waals surface area contributed by atoms with Gasteiger partial charge in [0.25, 0.3) is 5.91 Å². The first-order valence-corrected chi connectivity index (χ1v) is 7.00. The molecule has 0 aliphatic heterocycles. The maximum absolute atomic E-state index is 13.4. The van der Waals surface area contributed by atoms with E-state index in [0.717, 1.165) is 17.8 Å². The van der Waals surface area contributed by atoms with Crippen molar-refractivity contribution in [2.75, 3.05) is 17.2 Å². The zero-order valence-corrected chi connectivity index (χ0v) is 12.6. The normalized spacial score (nSPS) is 10.3. The summed E-state index contributed by atoms with van der Waals surface area (Å²) in [6, 6.07) is 9.66. The lowest BCUT2D eigenvalue weighted by molar-refractivity contribution is 0.102. The minimum atomic E-state index is -0.561. The van der Waals surface area contributed by atoms with Gasteiger partial charge >= 0.3 is 0 Å². The molecule has 0 atom stereocenters. The number of carbonyl (C=O) groups excluding carboxylic acids is 1. The molecular formula is C16H16ClFN2O. The SMILES string of the molecule is CCNc1ccc(C(=O)Nc2ccc(Cl)c(F)c2)c(C)c1. The summed E-state index contributed by atoms with van der Waals surface area (Å²) in [4.78, 5) is 12.2. The van der Waals surface area contributed by atoms with E-state index in [1.54, 1.807) is 12.1 Å². The van der Waals surface area contributed by atoms with Crippen molar-refractivity contribution in [3.05, 3.63) is 58.4 Å². The molecule has 0 fully saturated rings. The summed E-state index contributed by atoms with van der Waals surface area (Å²) >= 11 is 5.61.